The number of fused-ring (bicyclic) bond motifs is 1. The van der Waals surface area contributed by atoms with E-state index in [1.165, 1.54) is 12.8 Å². The van der Waals surface area contributed by atoms with Gasteiger partial charge in [-0.2, -0.15) is 0 Å². The summed E-state index contributed by atoms with van der Waals surface area (Å²) in [5, 5.41) is 0. The van der Waals surface area contributed by atoms with Crippen molar-refractivity contribution in [3.8, 4) is 0 Å². The third kappa shape index (κ3) is 3.38. The maximum atomic E-state index is 11.3. The second-order valence-electron chi connectivity index (χ2n) is 6.64. The minimum atomic E-state index is -0.194. The summed E-state index contributed by atoms with van der Waals surface area (Å²) in [6, 6.07) is 0. The zero-order valence-electron chi connectivity index (χ0n) is 12.4. The summed E-state index contributed by atoms with van der Waals surface area (Å²) in [5.41, 5.74) is 1.31. The second kappa shape index (κ2) is 5.66. The summed E-state index contributed by atoms with van der Waals surface area (Å²) < 4.78 is 11.4. The first kappa shape index (κ1) is 14.6. The molecule has 0 aliphatic carbocycles. The molecule has 0 amide bonds. The van der Waals surface area contributed by atoms with Gasteiger partial charge in [-0.05, 0) is 36.7 Å². The molecule has 0 bridgehead atoms. The van der Waals surface area contributed by atoms with Crippen LogP contribution < -0.4 is 0 Å². The smallest absolute Gasteiger partial charge is 0.306 e. The Bertz CT molecular complexity index is 359. The molecule has 19 heavy (non-hydrogen) atoms. The van der Waals surface area contributed by atoms with Crippen LogP contribution in [-0.2, 0) is 14.3 Å². The van der Waals surface area contributed by atoms with Gasteiger partial charge in [0.2, 0.25) is 0 Å². The van der Waals surface area contributed by atoms with Crippen LogP contribution in [0.4, 0.5) is 0 Å². The number of esters is 1. The van der Waals surface area contributed by atoms with Gasteiger partial charge in [0, 0.05) is 6.42 Å². The molecule has 2 heterocycles. The quantitative estimate of drug-likeness (QED) is 0.563. The molecule has 2 aliphatic rings. The predicted molar refractivity (Wildman–Crippen MR) is 74.8 cm³/mol. The van der Waals surface area contributed by atoms with E-state index in [1.807, 2.05) is 0 Å². The molecule has 3 nitrogen and oxygen atoms in total. The van der Waals surface area contributed by atoms with E-state index in [0.29, 0.717) is 11.8 Å². The van der Waals surface area contributed by atoms with Gasteiger partial charge < -0.3 is 9.47 Å². The van der Waals surface area contributed by atoms with Gasteiger partial charge in [0.15, 0.2) is 6.10 Å². The van der Waals surface area contributed by atoms with Gasteiger partial charge in [-0.1, -0.05) is 33.8 Å². The molecule has 0 aromatic rings. The van der Waals surface area contributed by atoms with Crippen LogP contribution in [-0.4, -0.2) is 24.3 Å². The second-order valence-corrected chi connectivity index (χ2v) is 6.64. The fourth-order valence-corrected chi connectivity index (χ4v) is 3.20. The molecule has 2 rings (SSSR count). The molecule has 3 atom stereocenters. The average Bonchev–Trinajstić information content (AvgIpc) is 2.64. The topological polar surface area (TPSA) is 35.5 Å². The standard InChI is InChI=1S/C16H26O3/c1-5-9-16(3,4)10-8-12-11(2)15-13(18-12)6-7-14(17)19-15/h12-13,15H,2,5-10H2,1,3-4H3/t12-,13-,15-/m0/s1. The summed E-state index contributed by atoms with van der Waals surface area (Å²) >= 11 is 0. The number of hydrogen-bond acceptors (Lipinski definition) is 3. The average molecular weight is 266 g/mol. The number of carbonyl (C=O) groups excluding carboxylic acids is 1. The predicted octanol–water partition coefficient (Wildman–Crippen LogP) is 3.62. The number of hydrogen-bond donors (Lipinski definition) is 0. The minimum absolute atomic E-state index is 0.0458. The van der Waals surface area contributed by atoms with Crippen molar-refractivity contribution in [1.82, 2.24) is 0 Å². The van der Waals surface area contributed by atoms with Crippen molar-refractivity contribution in [2.75, 3.05) is 0 Å². The lowest BCUT2D eigenvalue weighted by Gasteiger charge is -2.25. The molecule has 0 aromatic carbocycles. The highest BCUT2D eigenvalue weighted by molar-refractivity contribution is 5.71. The Balaban J connectivity index is 1.89. The van der Waals surface area contributed by atoms with Gasteiger partial charge in [0.25, 0.3) is 0 Å². The van der Waals surface area contributed by atoms with E-state index >= 15 is 0 Å². The highest BCUT2D eigenvalue weighted by Gasteiger charge is 2.43. The van der Waals surface area contributed by atoms with Crippen molar-refractivity contribution in [3.05, 3.63) is 12.2 Å². The molecule has 2 fully saturated rings. The third-order valence-corrected chi connectivity index (χ3v) is 4.36. The van der Waals surface area contributed by atoms with Crippen molar-refractivity contribution in [2.45, 2.75) is 77.6 Å². The van der Waals surface area contributed by atoms with Crippen LogP contribution in [0.3, 0.4) is 0 Å². The van der Waals surface area contributed by atoms with Crippen LogP contribution in [0.2, 0.25) is 0 Å². The van der Waals surface area contributed by atoms with Gasteiger partial charge in [-0.25, -0.2) is 0 Å². The number of ether oxygens (including phenoxy) is 2. The van der Waals surface area contributed by atoms with Crippen molar-refractivity contribution in [1.29, 1.82) is 0 Å². The van der Waals surface area contributed by atoms with E-state index in [-0.39, 0.29) is 24.3 Å². The molecule has 3 heteroatoms. The van der Waals surface area contributed by atoms with E-state index in [9.17, 15) is 4.79 Å². The highest BCUT2D eigenvalue weighted by Crippen LogP contribution is 2.38. The van der Waals surface area contributed by atoms with Crippen molar-refractivity contribution in [2.24, 2.45) is 5.41 Å². The Labute approximate surface area is 116 Å². The maximum absolute atomic E-state index is 11.3. The summed E-state index contributed by atoms with van der Waals surface area (Å²) in [4.78, 5) is 11.3. The molecule has 0 spiro atoms. The minimum Gasteiger partial charge on any atom is -0.455 e. The molecule has 0 radical (unpaired) electrons. The molecule has 2 saturated heterocycles. The van der Waals surface area contributed by atoms with Crippen molar-refractivity contribution < 1.29 is 14.3 Å². The van der Waals surface area contributed by atoms with Crippen LogP contribution in [0.5, 0.6) is 0 Å². The van der Waals surface area contributed by atoms with E-state index in [2.05, 4.69) is 27.4 Å². The van der Waals surface area contributed by atoms with Gasteiger partial charge in [-0.15, -0.1) is 0 Å². The Kier molecular flexibility index (Phi) is 4.34. The van der Waals surface area contributed by atoms with E-state index < -0.39 is 0 Å². The largest absolute Gasteiger partial charge is 0.455 e. The summed E-state index contributed by atoms with van der Waals surface area (Å²) in [6.45, 7) is 10.9. The van der Waals surface area contributed by atoms with Crippen LogP contribution in [0.25, 0.3) is 0 Å². The zero-order valence-corrected chi connectivity index (χ0v) is 12.4. The lowest BCUT2D eigenvalue weighted by atomic mass is 9.82. The number of rotatable bonds is 5. The normalized spacial score (nSPS) is 31.2. The van der Waals surface area contributed by atoms with E-state index in [0.717, 1.165) is 24.8 Å². The Morgan fingerprint density at radius 3 is 2.79 bits per heavy atom. The monoisotopic (exact) mass is 266 g/mol. The SMILES string of the molecule is C=C1[C@H](CCC(C)(C)CCC)O[C@H]2CCC(=O)O[C@@H]12. The van der Waals surface area contributed by atoms with Gasteiger partial charge >= 0.3 is 5.97 Å². The summed E-state index contributed by atoms with van der Waals surface area (Å²) in [7, 11) is 0. The molecule has 2 aliphatic heterocycles. The first-order chi connectivity index (χ1) is 8.93. The number of carbonyl (C=O) groups is 1. The molecule has 0 saturated carbocycles. The van der Waals surface area contributed by atoms with Crippen LogP contribution in [0.1, 0.15) is 59.3 Å². The van der Waals surface area contributed by atoms with E-state index in [1.54, 1.807) is 0 Å². The van der Waals surface area contributed by atoms with Crippen molar-refractivity contribution >= 4 is 5.97 Å². The molecule has 108 valence electrons. The Hall–Kier alpha value is -0.830. The van der Waals surface area contributed by atoms with E-state index in [4.69, 9.17) is 9.47 Å². The maximum Gasteiger partial charge on any atom is 0.306 e. The molecule has 0 unspecified atom stereocenters. The highest BCUT2D eigenvalue weighted by atomic mass is 16.6. The fraction of sp³-hybridized carbons (Fsp3) is 0.812. The zero-order chi connectivity index (χ0) is 14.0. The lowest BCUT2D eigenvalue weighted by Crippen LogP contribution is -2.33. The lowest BCUT2D eigenvalue weighted by molar-refractivity contribution is -0.158. The summed E-state index contributed by atoms with van der Waals surface area (Å²) in [5.74, 6) is -0.113. The molecule has 0 N–H and O–H groups in total. The van der Waals surface area contributed by atoms with Crippen molar-refractivity contribution in [3.63, 3.8) is 0 Å². The fourth-order valence-electron chi connectivity index (χ4n) is 3.20. The van der Waals surface area contributed by atoms with Gasteiger partial charge in [-0.3, -0.25) is 4.79 Å². The molecule has 0 aromatic heterocycles. The van der Waals surface area contributed by atoms with Gasteiger partial charge in [0.1, 0.15) is 0 Å². The molecular formula is C16H26O3. The van der Waals surface area contributed by atoms with Gasteiger partial charge in [0.05, 0.1) is 12.2 Å². The Morgan fingerprint density at radius 2 is 2.11 bits per heavy atom. The Morgan fingerprint density at radius 1 is 1.37 bits per heavy atom. The van der Waals surface area contributed by atoms with Crippen LogP contribution >= 0.6 is 0 Å². The summed E-state index contributed by atoms with van der Waals surface area (Å²) in [6.07, 6.45) is 5.71. The third-order valence-electron chi connectivity index (χ3n) is 4.36. The van der Waals surface area contributed by atoms with Crippen LogP contribution in [0.15, 0.2) is 12.2 Å². The van der Waals surface area contributed by atoms with Crippen LogP contribution in [0, 0.1) is 5.41 Å². The first-order valence-electron chi connectivity index (χ1n) is 7.46. The first-order valence-corrected chi connectivity index (χ1v) is 7.46. The molecular weight excluding hydrogens is 240 g/mol.